The van der Waals surface area contributed by atoms with Crippen LogP contribution in [0, 0.1) is 0 Å². The average molecular weight is 231 g/mol. The zero-order valence-corrected chi connectivity index (χ0v) is 10.3. The molecule has 0 amide bonds. The summed E-state index contributed by atoms with van der Waals surface area (Å²) in [5.74, 6) is 0. The minimum Gasteiger partial charge on any atom is -0.371 e. The molecule has 1 aromatic rings. The lowest BCUT2D eigenvalue weighted by atomic mass is 9.90. The summed E-state index contributed by atoms with van der Waals surface area (Å²) in [5, 5.41) is 1.83. The molecule has 0 atom stereocenters. The van der Waals surface area contributed by atoms with Crippen LogP contribution < -0.4 is 4.90 Å². The molecule has 16 heavy (non-hydrogen) atoms. The van der Waals surface area contributed by atoms with Gasteiger partial charge in [-0.2, -0.15) is 12.6 Å². The third-order valence-electron chi connectivity index (χ3n) is 3.62. The Morgan fingerprint density at radius 2 is 1.69 bits per heavy atom. The minimum atomic E-state index is 1.24. The zero-order chi connectivity index (χ0) is 11.0. The van der Waals surface area contributed by atoms with Crippen LogP contribution in [0.15, 0.2) is 17.5 Å². The summed E-state index contributed by atoms with van der Waals surface area (Å²) < 4.78 is 0. The van der Waals surface area contributed by atoms with E-state index in [9.17, 15) is 0 Å². The number of anilines is 1. The molecule has 2 heteroatoms. The Kier molecular flexibility index (Phi) is 2.68. The van der Waals surface area contributed by atoms with E-state index in [1.54, 1.807) is 16.8 Å². The van der Waals surface area contributed by atoms with Crippen molar-refractivity contribution in [1.29, 1.82) is 0 Å². The molecule has 0 fully saturated rings. The van der Waals surface area contributed by atoms with Crippen molar-refractivity contribution in [1.82, 2.24) is 0 Å². The van der Waals surface area contributed by atoms with Gasteiger partial charge in [-0.25, -0.2) is 0 Å². The quantitative estimate of drug-likeness (QED) is 0.726. The van der Waals surface area contributed by atoms with Crippen LogP contribution in [-0.4, -0.2) is 13.1 Å². The monoisotopic (exact) mass is 231 g/mol. The highest BCUT2D eigenvalue weighted by Crippen LogP contribution is 2.36. The van der Waals surface area contributed by atoms with Crippen molar-refractivity contribution in [2.45, 2.75) is 25.7 Å². The highest BCUT2D eigenvalue weighted by Gasteiger charge is 2.23. The van der Waals surface area contributed by atoms with Crippen LogP contribution in [0.25, 0.3) is 6.08 Å². The molecular weight excluding hydrogens is 214 g/mol. The molecule has 0 radical (unpaired) electrons. The second kappa shape index (κ2) is 4.17. The number of hydrogen-bond donors (Lipinski definition) is 1. The van der Waals surface area contributed by atoms with Crippen molar-refractivity contribution in [2.75, 3.05) is 18.0 Å². The van der Waals surface area contributed by atoms with E-state index in [1.807, 2.05) is 5.41 Å². The van der Waals surface area contributed by atoms with Crippen molar-refractivity contribution in [2.24, 2.45) is 0 Å². The first-order chi connectivity index (χ1) is 7.88. The zero-order valence-electron chi connectivity index (χ0n) is 9.45. The number of aryl methyl sites for hydroxylation is 2. The van der Waals surface area contributed by atoms with Gasteiger partial charge in [0.15, 0.2) is 0 Å². The van der Waals surface area contributed by atoms with Crippen LogP contribution in [-0.2, 0) is 12.8 Å². The van der Waals surface area contributed by atoms with Gasteiger partial charge < -0.3 is 4.90 Å². The molecule has 0 spiro atoms. The Morgan fingerprint density at radius 1 is 1.06 bits per heavy atom. The van der Waals surface area contributed by atoms with E-state index in [0.29, 0.717) is 0 Å². The van der Waals surface area contributed by atoms with Crippen molar-refractivity contribution in [3.63, 3.8) is 0 Å². The molecule has 0 saturated heterocycles. The highest BCUT2D eigenvalue weighted by molar-refractivity contribution is 7.83. The van der Waals surface area contributed by atoms with E-state index in [0.717, 1.165) is 0 Å². The van der Waals surface area contributed by atoms with Gasteiger partial charge >= 0.3 is 0 Å². The van der Waals surface area contributed by atoms with E-state index in [4.69, 9.17) is 0 Å². The van der Waals surface area contributed by atoms with Gasteiger partial charge in [-0.3, -0.25) is 0 Å². The Bertz CT molecular complexity index is 405. The van der Waals surface area contributed by atoms with Gasteiger partial charge in [-0.1, -0.05) is 0 Å². The Balaban J connectivity index is 2.13. The van der Waals surface area contributed by atoms with Crippen LogP contribution >= 0.6 is 12.6 Å². The number of nitrogens with zero attached hydrogens (tertiary/aromatic N) is 1. The summed E-state index contributed by atoms with van der Waals surface area (Å²) in [4.78, 5) is 2.58. The van der Waals surface area contributed by atoms with Crippen molar-refractivity contribution < 1.29 is 0 Å². The SMILES string of the molecule is S/C=C/c1cc2c3c(c1)CCCN3CCC2. The number of hydrogen-bond acceptors (Lipinski definition) is 2. The number of benzene rings is 1. The van der Waals surface area contributed by atoms with E-state index >= 15 is 0 Å². The molecule has 0 saturated carbocycles. The predicted octanol–water partition coefficient (Wildman–Crippen LogP) is 3.29. The normalized spacial score (nSPS) is 18.9. The molecule has 0 aromatic heterocycles. The first-order valence-corrected chi connectivity index (χ1v) is 6.61. The number of rotatable bonds is 1. The Hall–Kier alpha value is -0.890. The van der Waals surface area contributed by atoms with Crippen LogP contribution in [0.1, 0.15) is 29.5 Å². The molecule has 1 aromatic carbocycles. The molecule has 2 aliphatic rings. The van der Waals surface area contributed by atoms with E-state index in [2.05, 4.69) is 35.7 Å². The van der Waals surface area contributed by atoms with Crippen LogP contribution in [0.2, 0.25) is 0 Å². The first kappa shape index (κ1) is 10.3. The van der Waals surface area contributed by atoms with Crippen molar-refractivity contribution in [3.05, 3.63) is 34.2 Å². The molecule has 84 valence electrons. The fourth-order valence-corrected chi connectivity index (χ4v) is 3.18. The smallest absolute Gasteiger partial charge is 0.0431 e. The predicted molar refractivity (Wildman–Crippen MR) is 73.3 cm³/mol. The highest BCUT2D eigenvalue weighted by atomic mass is 32.1. The van der Waals surface area contributed by atoms with Gasteiger partial charge in [0.25, 0.3) is 0 Å². The molecule has 0 aliphatic carbocycles. The summed E-state index contributed by atoms with van der Waals surface area (Å²) in [7, 11) is 0. The molecule has 1 nitrogen and oxygen atoms in total. The second-order valence-corrected chi connectivity index (χ2v) is 5.00. The number of thiol groups is 1. The Labute approximate surface area is 103 Å². The summed E-state index contributed by atoms with van der Waals surface area (Å²) >= 11 is 4.16. The lowest BCUT2D eigenvalue weighted by Crippen LogP contribution is -2.34. The van der Waals surface area contributed by atoms with Gasteiger partial charge in [-0.05, 0) is 66.0 Å². The van der Waals surface area contributed by atoms with Crippen molar-refractivity contribution in [3.8, 4) is 0 Å². The topological polar surface area (TPSA) is 3.24 Å². The minimum absolute atomic E-state index is 1.24. The van der Waals surface area contributed by atoms with E-state index < -0.39 is 0 Å². The maximum absolute atomic E-state index is 4.16. The third-order valence-corrected chi connectivity index (χ3v) is 3.77. The van der Waals surface area contributed by atoms with Gasteiger partial charge in [0.1, 0.15) is 0 Å². The van der Waals surface area contributed by atoms with Gasteiger partial charge in [0.2, 0.25) is 0 Å². The van der Waals surface area contributed by atoms with Gasteiger partial charge in [0, 0.05) is 18.8 Å². The summed E-state index contributed by atoms with van der Waals surface area (Å²) in [6.45, 7) is 2.50. The molecule has 2 heterocycles. The fraction of sp³-hybridized carbons (Fsp3) is 0.429. The summed E-state index contributed by atoms with van der Waals surface area (Å²) in [5.41, 5.74) is 5.95. The molecule has 2 aliphatic heterocycles. The maximum atomic E-state index is 4.16. The lowest BCUT2D eigenvalue weighted by Gasteiger charge is -2.37. The van der Waals surface area contributed by atoms with Gasteiger partial charge in [0.05, 0.1) is 0 Å². The Morgan fingerprint density at radius 3 is 2.25 bits per heavy atom. The standard InChI is InChI=1S/C14H17NS/c16-8-5-11-9-12-3-1-6-15-7-2-4-13(10-11)14(12)15/h5,8-10,16H,1-4,6-7H2/b8-5+. The molecular formula is C14H17NS. The van der Waals surface area contributed by atoms with Gasteiger partial charge in [-0.15, -0.1) is 0 Å². The largest absolute Gasteiger partial charge is 0.371 e. The third kappa shape index (κ3) is 1.65. The maximum Gasteiger partial charge on any atom is 0.0431 e. The summed E-state index contributed by atoms with van der Waals surface area (Å²) in [6.07, 6.45) is 7.19. The average Bonchev–Trinajstić information content (AvgIpc) is 2.30. The fourth-order valence-electron chi connectivity index (χ4n) is 3.01. The molecule has 0 unspecified atom stereocenters. The van der Waals surface area contributed by atoms with Crippen LogP contribution in [0.5, 0.6) is 0 Å². The van der Waals surface area contributed by atoms with E-state index in [-0.39, 0.29) is 0 Å². The summed E-state index contributed by atoms with van der Waals surface area (Å²) in [6, 6.07) is 4.67. The first-order valence-electron chi connectivity index (χ1n) is 6.10. The molecule has 0 bridgehead atoms. The van der Waals surface area contributed by atoms with Crippen molar-refractivity contribution >= 4 is 24.4 Å². The molecule has 0 N–H and O–H groups in total. The van der Waals surface area contributed by atoms with E-state index in [1.165, 1.54) is 44.3 Å². The molecule has 3 rings (SSSR count). The second-order valence-electron chi connectivity index (χ2n) is 4.70. The van der Waals surface area contributed by atoms with Crippen LogP contribution in [0.3, 0.4) is 0 Å². The lowest BCUT2D eigenvalue weighted by molar-refractivity contribution is 0.634. The van der Waals surface area contributed by atoms with Crippen LogP contribution in [0.4, 0.5) is 5.69 Å².